The summed E-state index contributed by atoms with van der Waals surface area (Å²) in [5.74, 6) is -1.06. The summed E-state index contributed by atoms with van der Waals surface area (Å²) >= 11 is 0. The highest BCUT2D eigenvalue weighted by atomic mass is 16.4. The lowest BCUT2D eigenvalue weighted by atomic mass is 10.1. The Labute approximate surface area is 87.9 Å². The molecule has 2 N–H and O–H groups in total. The molecule has 15 heavy (non-hydrogen) atoms. The van der Waals surface area contributed by atoms with Gasteiger partial charge < -0.3 is 10.4 Å². The van der Waals surface area contributed by atoms with Crippen molar-refractivity contribution in [3.8, 4) is 0 Å². The maximum atomic E-state index is 10.8. The number of carboxylic acids is 1. The van der Waals surface area contributed by atoms with Gasteiger partial charge in [0.15, 0.2) is 0 Å². The van der Waals surface area contributed by atoms with Gasteiger partial charge in [0.1, 0.15) is 0 Å². The first-order valence-electron chi connectivity index (χ1n) is 4.61. The molecule has 0 aliphatic rings. The van der Waals surface area contributed by atoms with Gasteiger partial charge in [-0.05, 0) is 24.6 Å². The molecule has 0 saturated heterocycles. The highest BCUT2D eigenvalue weighted by Gasteiger charge is 2.07. The molecule has 0 saturated carbocycles. The molecule has 1 aromatic carbocycles. The van der Waals surface area contributed by atoms with Crippen LogP contribution < -0.4 is 5.32 Å². The summed E-state index contributed by atoms with van der Waals surface area (Å²) in [6.07, 6.45) is 0. The van der Waals surface area contributed by atoms with Crippen molar-refractivity contribution in [3.63, 3.8) is 0 Å². The van der Waals surface area contributed by atoms with E-state index in [-0.39, 0.29) is 17.5 Å². The van der Waals surface area contributed by atoms with Crippen molar-refractivity contribution >= 4 is 11.9 Å². The predicted octanol–water partition coefficient (Wildman–Crippen LogP) is 1.58. The van der Waals surface area contributed by atoms with Crippen LogP contribution >= 0.6 is 0 Å². The van der Waals surface area contributed by atoms with Gasteiger partial charge in [-0.15, -0.1) is 0 Å². The second-order valence-corrected chi connectivity index (χ2v) is 3.35. The fourth-order valence-corrected chi connectivity index (χ4v) is 1.30. The van der Waals surface area contributed by atoms with Crippen molar-refractivity contribution in [1.82, 2.24) is 5.32 Å². The molecule has 0 aliphatic heterocycles. The molecule has 0 aliphatic carbocycles. The number of aromatic carboxylic acids is 1. The molecule has 4 nitrogen and oxygen atoms in total. The normalized spacial score (nSPS) is 11.9. The molecule has 0 spiro atoms. The number of hydrogen-bond donors (Lipinski definition) is 2. The van der Waals surface area contributed by atoms with Crippen molar-refractivity contribution in [1.29, 1.82) is 0 Å². The van der Waals surface area contributed by atoms with E-state index < -0.39 is 5.97 Å². The van der Waals surface area contributed by atoms with Gasteiger partial charge >= 0.3 is 5.97 Å². The first-order chi connectivity index (χ1) is 7.00. The van der Waals surface area contributed by atoms with Gasteiger partial charge in [-0.2, -0.15) is 0 Å². The third kappa shape index (κ3) is 3.09. The molecule has 1 amide bonds. The highest BCUT2D eigenvalue weighted by Crippen LogP contribution is 2.13. The van der Waals surface area contributed by atoms with Crippen LogP contribution in [0.15, 0.2) is 24.3 Å². The van der Waals surface area contributed by atoms with Crippen molar-refractivity contribution in [2.24, 2.45) is 0 Å². The van der Waals surface area contributed by atoms with Crippen molar-refractivity contribution in [2.45, 2.75) is 19.9 Å². The molecule has 0 radical (unpaired) electrons. The average Bonchev–Trinajstić information content (AvgIpc) is 2.17. The lowest BCUT2D eigenvalue weighted by Gasteiger charge is -2.12. The first-order valence-corrected chi connectivity index (χ1v) is 4.61. The second-order valence-electron chi connectivity index (χ2n) is 3.35. The number of benzene rings is 1. The molecular weight excluding hydrogens is 194 g/mol. The Morgan fingerprint density at radius 1 is 1.27 bits per heavy atom. The lowest BCUT2D eigenvalue weighted by Crippen LogP contribution is -2.23. The monoisotopic (exact) mass is 207 g/mol. The molecule has 1 unspecified atom stereocenters. The lowest BCUT2D eigenvalue weighted by molar-refractivity contribution is -0.119. The zero-order valence-electron chi connectivity index (χ0n) is 8.65. The fraction of sp³-hybridized carbons (Fsp3) is 0.273. The van der Waals surface area contributed by atoms with Gasteiger partial charge in [-0.3, -0.25) is 4.79 Å². The van der Waals surface area contributed by atoms with Crippen LogP contribution in [0.5, 0.6) is 0 Å². The summed E-state index contributed by atoms with van der Waals surface area (Å²) in [7, 11) is 0. The van der Waals surface area contributed by atoms with Crippen LogP contribution in [0.4, 0.5) is 0 Å². The summed E-state index contributed by atoms with van der Waals surface area (Å²) in [5.41, 5.74) is 1.13. The molecular formula is C11H13NO3. The number of carbonyl (C=O) groups excluding carboxylic acids is 1. The van der Waals surface area contributed by atoms with Gasteiger partial charge in [-0.1, -0.05) is 12.1 Å². The summed E-state index contributed by atoms with van der Waals surface area (Å²) in [6.45, 7) is 3.29. The van der Waals surface area contributed by atoms with E-state index in [1.54, 1.807) is 12.1 Å². The number of hydrogen-bond acceptors (Lipinski definition) is 2. The van der Waals surface area contributed by atoms with Gasteiger partial charge in [0.05, 0.1) is 11.6 Å². The smallest absolute Gasteiger partial charge is 0.335 e. The largest absolute Gasteiger partial charge is 0.478 e. The van der Waals surface area contributed by atoms with E-state index in [0.717, 1.165) is 5.56 Å². The van der Waals surface area contributed by atoms with Crippen LogP contribution in [0.1, 0.15) is 35.8 Å². The maximum Gasteiger partial charge on any atom is 0.335 e. The fourth-order valence-electron chi connectivity index (χ4n) is 1.30. The predicted molar refractivity (Wildman–Crippen MR) is 55.6 cm³/mol. The minimum atomic E-state index is -0.950. The quantitative estimate of drug-likeness (QED) is 0.790. The van der Waals surface area contributed by atoms with Crippen LogP contribution in [0.25, 0.3) is 0 Å². The summed E-state index contributed by atoms with van der Waals surface area (Å²) in [6, 6.07) is 6.34. The number of amides is 1. The van der Waals surface area contributed by atoms with Crippen LogP contribution in [0.2, 0.25) is 0 Å². The Morgan fingerprint density at radius 3 is 2.20 bits per heavy atom. The third-order valence-corrected chi connectivity index (χ3v) is 2.08. The molecule has 0 aromatic heterocycles. The zero-order valence-corrected chi connectivity index (χ0v) is 8.65. The Balaban J connectivity index is 2.79. The summed E-state index contributed by atoms with van der Waals surface area (Å²) in [4.78, 5) is 21.4. The molecule has 1 aromatic rings. The zero-order chi connectivity index (χ0) is 11.4. The highest BCUT2D eigenvalue weighted by molar-refractivity contribution is 5.87. The van der Waals surface area contributed by atoms with Crippen LogP contribution in [-0.4, -0.2) is 17.0 Å². The molecule has 1 atom stereocenters. The van der Waals surface area contributed by atoms with E-state index in [0.29, 0.717) is 0 Å². The summed E-state index contributed by atoms with van der Waals surface area (Å²) in [5, 5.41) is 11.4. The maximum absolute atomic E-state index is 10.8. The molecule has 0 bridgehead atoms. The second kappa shape index (κ2) is 4.59. The molecule has 80 valence electrons. The third-order valence-electron chi connectivity index (χ3n) is 2.08. The van der Waals surface area contributed by atoms with Gasteiger partial charge in [0.2, 0.25) is 5.91 Å². The van der Waals surface area contributed by atoms with E-state index in [1.807, 2.05) is 6.92 Å². The van der Waals surface area contributed by atoms with Crippen LogP contribution in [0, 0.1) is 0 Å². The van der Waals surface area contributed by atoms with E-state index in [9.17, 15) is 9.59 Å². The van der Waals surface area contributed by atoms with E-state index in [4.69, 9.17) is 5.11 Å². The first kappa shape index (κ1) is 11.2. The summed E-state index contributed by atoms with van der Waals surface area (Å²) < 4.78 is 0. The number of carbonyl (C=O) groups is 2. The Kier molecular flexibility index (Phi) is 3.44. The molecule has 0 heterocycles. The molecule has 0 fully saturated rings. The Hall–Kier alpha value is -1.84. The van der Waals surface area contributed by atoms with Gasteiger partial charge in [-0.25, -0.2) is 4.79 Å². The van der Waals surface area contributed by atoms with E-state index >= 15 is 0 Å². The van der Waals surface area contributed by atoms with Crippen molar-refractivity contribution in [3.05, 3.63) is 35.4 Å². The number of nitrogens with one attached hydrogen (secondary N) is 1. The van der Waals surface area contributed by atoms with Crippen LogP contribution in [0.3, 0.4) is 0 Å². The van der Waals surface area contributed by atoms with E-state index in [2.05, 4.69) is 5.32 Å². The topological polar surface area (TPSA) is 66.4 Å². The Morgan fingerprint density at radius 2 is 1.80 bits per heavy atom. The number of carboxylic acid groups (broad SMARTS) is 1. The number of rotatable bonds is 3. The van der Waals surface area contributed by atoms with Gasteiger partial charge in [0, 0.05) is 6.92 Å². The average molecular weight is 207 g/mol. The molecule has 1 rings (SSSR count). The minimum Gasteiger partial charge on any atom is -0.478 e. The SMILES string of the molecule is CC(=O)NC(C)c1ccc(C(=O)O)cc1. The Bertz CT molecular complexity index is 370. The van der Waals surface area contributed by atoms with Crippen LogP contribution in [-0.2, 0) is 4.79 Å². The minimum absolute atomic E-state index is 0.106. The standard InChI is InChI=1S/C11H13NO3/c1-7(12-8(2)13)9-3-5-10(6-4-9)11(14)15/h3-7H,1-2H3,(H,12,13)(H,14,15). The molecule has 4 heteroatoms. The van der Waals surface area contributed by atoms with Gasteiger partial charge in [0.25, 0.3) is 0 Å². The van der Waals surface area contributed by atoms with Crippen molar-refractivity contribution in [2.75, 3.05) is 0 Å². The van der Waals surface area contributed by atoms with E-state index in [1.165, 1.54) is 19.1 Å². The van der Waals surface area contributed by atoms with Crippen molar-refractivity contribution < 1.29 is 14.7 Å².